The fraction of sp³-hybridized carbons (Fsp3) is 0.286. The van der Waals surface area contributed by atoms with E-state index >= 15 is 0 Å². The van der Waals surface area contributed by atoms with Gasteiger partial charge in [-0.25, -0.2) is 9.80 Å². The highest BCUT2D eigenvalue weighted by Crippen LogP contribution is 2.49. The first-order valence-electron chi connectivity index (χ1n) is 6.67. The lowest BCUT2D eigenvalue weighted by Crippen LogP contribution is -2.33. The van der Waals surface area contributed by atoms with Crippen molar-refractivity contribution in [3.63, 3.8) is 0 Å². The third kappa shape index (κ3) is 1.83. The molecule has 3 aliphatic heterocycles. The van der Waals surface area contributed by atoms with Crippen molar-refractivity contribution in [2.75, 3.05) is 9.80 Å². The van der Waals surface area contributed by atoms with Gasteiger partial charge in [0.1, 0.15) is 10.5 Å². The zero-order valence-corrected chi connectivity index (χ0v) is 12.8. The van der Waals surface area contributed by atoms with Crippen LogP contribution >= 0.6 is 24.4 Å². The number of anilines is 2. The van der Waals surface area contributed by atoms with Gasteiger partial charge in [-0.1, -0.05) is 0 Å². The van der Waals surface area contributed by atoms with Crippen molar-refractivity contribution in [1.82, 2.24) is 0 Å². The number of hydrogen-bond acceptors (Lipinski definition) is 6. The van der Waals surface area contributed by atoms with Crippen LogP contribution in [0.2, 0.25) is 0 Å². The maximum Gasteiger partial charge on any atom is 0.248 e. The Morgan fingerprint density at radius 1 is 0.864 bits per heavy atom. The molecule has 3 saturated heterocycles. The van der Waals surface area contributed by atoms with Gasteiger partial charge in [-0.15, -0.1) is 11.8 Å². The third-order valence-electron chi connectivity index (χ3n) is 3.91. The summed E-state index contributed by atoms with van der Waals surface area (Å²) in [6.45, 7) is 0. The molecule has 0 spiro atoms. The first-order chi connectivity index (χ1) is 10.5. The molecule has 6 nitrogen and oxygen atoms in total. The average Bonchev–Trinajstić information content (AvgIpc) is 3.19. The van der Waals surface area contributed by atoms with Gasteiger partial charge in [0.25, 0.3) is 0 Å². The molecule has 4 amide bonds. The van der Waals surface area contributed by atoms with E-state index in [4.69, 9.17) is 0 Å². The Kier molecular flexibility index (Phi) is 2.89. The molecule has 3 fully saturated rings. The second-order valence-electron chi connectivity index (χ2n) is 5.29. The molecule has 112 valence electrons. The zero-order chi connectivity index (χ0) is 15.6. The van der Waals surface area contributed by atoms with Crippen molar-refractivity contribution in [1.29, 1.82) is 0 Å². The van der Waals surface area contributed by atoms with E-state index in [-0.39, 0.29) is 40.5 Å². The molecule has 4 rings (SSSR count). The van der Waals surface area contributed by atoms with Gasteiger partial charge in [-0.05, 0) is 24.3 Å². The summed E-state index contributed by atoms with van der Waals surface area (Å²) in [5.74, 6) is -1.05. The third-order valence-corrected chi connectivity index (χ3v) is 5.53. The molecule has 3 heterocycles. The summed E-state index contributed by atoms with van der Waals surface area (Å²) in [6, 6.07) is 6.28. The highest BCUT2D eigenvalue weighted by Gasteiger charge is 2.60. The SMILES string of the molecule is O=C1C[C@H](S)C(=O)N1c1ccc(N2C(=O)C3SC3C2=O)cc1. The molecule has 0 aromatic heterocycles. The molecule has 0 saturated carbocycles. The Labute approximate surface area is 135 Å². The Balaban J connectivity index is 1.62. The topological polar surface area (TPSA) is 74.8 Å². The van der Waals surface area contributed by atoms with Gasteiger partial charge in [0.15, 0.2) is 0 Å². The van der Waals surface area contributed by atoms with Crippen molar-refractivity contribution in [3.8, 4) is 0 Å². The van der Waals surface area contributed by atoms with Gasteiger partial charge in [0.2, 0.25) is 23.6 Å². The molecule has 0 aliphatic carbocycles. The maximum absolute atomic E-state index is 12.0. The highest BCUT2D eigenvalue weighted by molar-refractivity contribution is 8.09. The van der Waals surface area contributed by atoms with Crippen LogP contribution in [0.4, 0.5) is 11.4 Å². The van der Waals surface area contributed by atoms with Crippen molar-refractivity contribution in [3.05, 3.63) is 24.3 Å². The van der Waals surface area contributed by atoms with E-state index in [1.807, 2.05) is 0 Å². The van der Waals surface area contributed by atoms with Crippen LogP contribution in [-0.2, 0) is 19.2 Å². The van der Waals surface area contributed by atoms with Gasteiger partial charge in [0, 0.05) is 6.42 Å². The first kappa shape index (κ1) is 13.8. The molecular weight excluding hydrogens is 324 g/mol. The molecule has 3 atom stereocenters. The van der Waals surface area contributed by atoms with Crippen LogP contribution in [0.3, 0.4) is 0 Å². The van der Waals surface area contributed by atoms with E-state index in [2.05, 4.69) is 12.6 Å². The van der Waals surface area contributed by atoms with Crippen molar-refractivity contribution in [2.45, 2.75) is 22.2 Å². The molecule has 1 aromatic carbocycles. The van der Waals surface area contributed by atoms with Crippen molar-refractivity contribution in [2.24, 2.45) is 0 Å². The van der Waals surface area contributed by atoms with Crippen LogP contribution in [-0.4, -0.2) is 39.4 Å². The van der Waals surface area contributed by atoms with Gasteiger partial charge in [-0.2, -0.15) is 12.6 Å². The van der Waals surface area contributed by atoms with Crippen LogP contribution in [0.25, 0.3) is 0 Å². The Bertz CT molecular complexity index is 673. The number of fused-ring (bicyclic) bond motifs is 1. The molecule has 3 aliphatic rings. The van der Waals surface area contributed by atoms with E-state index < -0.39 is 5.25 Å². The van der Waals surface area contributed by atoms with Gasteiger partial charge >= 0.3 is 0 Å². The normalized spacial score (nSPS) is 30.3. The predicted molar refractivity (Wildman–Crippen MR) is 84.0 cm³/mol. The highest BCUT2D eigenvalue weighted by atomic mass is 32.2. The van der Waals surface area contributed by atoms with Gasteiger partial charge in [-0.3, -0.25) is 19.2 Å². The second-order valence-corrected chi connectivity index (χ2v) is 7.20. The largest absolute Gasteiger partial charge is 0.274 e. The minimum absolute atomic E-state index is 0.0768. The zero-order valence-electron chi connectivity index (χ0n) is 11.1. The van der Waals surface area contributed by atoms with Crippen LogP contribution in [0.15, 0.2) is 24.3 Å². The average molecular weight is 334 g/mol. The van der Waals surface area contributed by atoms with Gasteiger partial charge in [0.05, 0.1) is 16.6 Å². The summed E-state index contributed by atoms with van der Waals surface area (Å²) in [5.41, 5.74) is 0.891. The minimum atomic E-state index is -0.613. The maximum atomic E-state index is 12.0. The van der Waals surface area contributed by atoms with Crippen molar-refractivity contribution < 1.29 is 19.2 Å². The van der Waals surface area contributed by atoms with Crippen LogP contribution in [0, 0.1) is 0 Å². The Morgan fingerprint density at radius 3 is 1.82 bits per heavy atom. The second kappa shape index (κ2) is 4.60. The molecule has 0 bridgehead atoms. The predicted octanol–water partition coefficient (Wildman–Crippen LogP) is 0.606. The van der Waals surface area contributed by atoms with Crippen LogP contribution < -0.4 is 9.80 Å². The number of imide groups is 2. The van der Waals surface area contributed by atoms with E-state index in [9.17, 15) is 19.2 Å². The number of amides is 4. The van der Waals surface area contributed by atoms with E-state index in [1.165, 1.54) is 16.7 Å². The molecule has 0 N–H and O–H groups in total. The quantitative estimate of drug-likeness (QED) is 0.487. The number of benzene rings is 1. The first-order valence-corrected chi connectivity index (χ1v) is 8.13. The Hall–Kier alpha value is -1.80. The fourth-order valence-electron chi connectivity index (χ4n) is 2.74. The molecule has 0 radical (unpaired) electrons. The molecule has 8 heteroatoms. The summed E-state index contributed by atoms with van der Waals surface area (Å²) in [7, 11) is 0. The molecule has 22 heavy (non-hydrogen) atoms. The summed E-state index contributed by atoms with van der Waals surface area (Å²) >= 11 is 5.44. The number of carbonyl (C=O) groups excluding carboxylic acids is 4. The Morgan fingerprint density at radius 2 is 1.36 bits per heavy atom. The summed E-state index contributed by atoms with van der Waals surface area (Å²) in [4.78, 5) is 50.0. The number of nitrogens with zero attached hydrogens (tertiary/aromatic N) is 2. The number of thiol groups is 1. The lowest BCUT2D eigenvalue weighted by Gasteiger charge is -2.18. The number of hydrogen-bond donors (Lipinski definition) is 1. The smallest absolute Gasteiger partial charge is 0.248 e. The number of carbonyl (C=O) groups is 4. The summed E-state index contributed by atoms with van der Waals surface area (Å²) in [5, 5.41) is -1.09. The van der Waals surface area contributed by atoms with E-state index in [1.54, 1.807) is 24.3 Å². The summed E-state index contributed by atoms with van der Waals surface area (Å²) < 4.78 is 0. The molecular formula is C14H10N2O4S2. The van der Waals surface area contributed by atoms with E-state index in [0.29, 0.717) is 11.4 Å². The van der Waals surface area contributed by atoms with Crippen LogP contribution in [0.5, 0.6) is 0 Å². The molecule has 1 aromatic rings. The summed E-state index contributed by atoms with van der Waals surface area (Å²) in [6.07, 6.45) is 0.0768. The fourth-order valence-corrected chi connectivity index (χ4v) is 3.92. The number of thioether (sulfide) groups is 1. The van der Waals surface area contributed by atoms with Crippen molar-refractivity contribution >= 4 is 59.4 Å². The molecule has 2 unspecified atom stereocenters. The number of rotatable bonds is 2. The standard InChI is InChI=1S/C14H10N2O4S2/c17-9-5-8(21)12(18)15(9)6-1-3-7(4-2-6)16-13(19)10-11(22-10)14(16)20/h1-4,8,10-11,21H,5H2/t8-,10?,11?/m0/s1. The van der Waals surface area contributed by atoms with Crippen LogP contribution in [0.1, 0.15) is 6.42 Å². The lowest BCUT2D eigenvalue weighted by molar-refractivity contribution is -0.122. The van der Waals surface area contributed by atoms with Gasteiger partial charge < -0.3 is 0 Å². The van der Waals surface area contributed by atoms with E-state index in [0.717, 1.165) is 4.90 Å². The monoisotopic (exact) mass is 334 g/mol. The minimum Gasteiger partial charge on any atom is -0.274 e. The lowest BCUT2D eigenvalue weighted by atomic mass is 10.2.